The van der Waals surface area contributed by atoms with Crippen molar-refractivity contribution in [1.29, 1.82) is 5.26 Å². The van der Waals surface area contributed by atoms with Gasteiger partial charge in [0, 0.05) is 18.5 Å². The highest BCUT2D eigenvalue weighted by Gasteiger charge is 2.31. The molecule has 1 atom stereocenters. The largest absolute Gasteiger partial charge is 0.488 e. The molecule has 0 fully saturated rings. The molecule has 0 aliphatic heterocycles. The molecule has 7 heteroatoms. The molecule has 7 nitrogen and oxygen atoms in total. The highest BCUT2D eigenvalue weighted by molar-refractivity contribution is 5.75. The first-order valence-electron chi connectivity index (χ1n) is 13.3. The number of fused-ring (bicyclic) bond motifs is 1. The third kappa shape index (κ3) is 8.59. The van der Waals surface area contributed by atoms with Crippen molar-refractivity contribution in [3.8, 4) is 11.8 Å². The van der Waals surface area contributed by atoms with E-state index in [-0.39, 0.29) is 24.5 Å². The molecule has 38 heavy (non-hydrogen) atoms. The minimum absolute atomic E-state index is 0.0117. The van der Waals surface area contributed by atoms with Crippen molar-refractivity contribution in [3.05, 3.63) is 64.7 Å². The number of esters is 1. The Kier molecular flexibility index (Phi) is 9.56. The maximum Gasteiger partial charge on any atom is 0.311 e. The molecule has 2 aromatic rings. The lowest BCUT2D eigenvalue weighted by Crippen LogP contribution is -2.47. The number of aryl methyl sites for hydroxylation is 1. The number of nitrogens with zero attached hydrogens (tertiary/aromatic N) is 1. The molecule has 0 radical (unpaired) electrons. The van der Waals surface area contributed by atoms with Crippen molar-refractivity contribution in [3.63, 3.8) is 0 Å². The molecule has 0 aromatic heterocycles. The highest BCUT2D eigenvalue weighted by atomic mass is 16.6. The van der Waals surface area contributed by atoms with E-state index in [1.54, 1.807) is 18.2 Å². The van der Waals surface area contributed by atoms with Crippen molar-refractivity contribution in [2.75, 3.05) is 13.2 Å². The van der Waals surface area contributed by atoms with Gasteiger partial charge in [-0.05, 0) is 95.0 Å². The summed E-state index contributed by atoms with van der Waals surface area (Å²) >= 11 is 0. The Hall–Kier alpha value is -3.37. The number of carboxylic acids is 1. The number of carbonyl (C=O) groups is 2. The normalized spacial score (nSPS) is 14.4. The summed E-state index contributed by atoms with van der Waals surface area (Å²) in [5, 5.41) is 22.1. The molecule has 2 aromatic carbocycles. The van der Waals surface area contributed by atoms with Gasteiger partial charge in [0.1, 0.15) is 24.5 Å². The second kappa shape index (κ2) is 12.4. The van der Waals surface area contributed by atoms with Gasteiger partial charge in [0.25, 0.3) is 0 Å². The molecule has 0 amide bonds. The quantitative estimate of drug-likeness (QED) is 0.376. The van der Waals surface area contributed by atoms with Gasteiger partial charge in [-0.2, -0.15) is 5.26 Å². The van der Waals surface area contributed by atoms with Crippen LogP contribution in [-0.4, -0.2) is 41.8 Å². The fourth-order valence-electron chi connectivity index (χ4n) is 4.81. The Morgan fingerprint density at radius 3 is 2.34 bits per heavy atom. The van der Waals surface area contributed by atoms with Gasteiger partial charge >= 0.3 is 11.9 Å². The van der Waals surface area contributed by atoms with E-state index in [0.717, 1.165) is 24.8 Å². The number of hydrogen-bond donors (Lipinski definition) is 2. The molecule has 2 N–H and O–H groups in total. The molecular formula is C31H40N2O5. The van der Waals surface area contributed by atoms with Crippen molar-refractivity contribution >= 4 is 11.9 Å². The van der Waals surface area contributed by atoms with E-state index in [4.69, 9.17) is 14.6 Å². The molecule has 0 bridgehead atoms. The van der Waals surface area contributed by atoms with Crippen LogP contribution >= 0.6 is 0 Å². The molecule has 3 rings (SSSR count). The summed E-state index contributed by atoms with van der Waals surface area (Å²) in [6.45, 7) is 10.2. The maximum atomic E-state index is 12.7. The van der Waals surface area contributed by atoms with E-state index >= 15 is 0 Å². The highest BCUT2D eigenvalue weighted by Crippen LogP contribution is 2.32. The molecule has 0 unspecified atom stereocenters. The predicted molar refractivity (Wildman–Crippen MR) is 146 cm³/mol. The van der Waals surface area contributed by atoms with Gasteiger partial charge in [0.2, 0.25) is 0 Å². The second-order valence-corrected chi connectivity index (χ2v) is 11.9. The van der Waals surface area contributed by atoms with Gasteiger partial charge in [-0.25, -0.2) is 0 Å². The molecule has 0 spiro atoms. The Labute approximate surface area is 226 Å². The van der Waals surface area contributed by atoms with Gasteiger partial charge < -0.3 is 19.9 Å². The first-order valence-corrected chi connectivity index (χ1v) is 13.3. The first kappa shape index (κ1) is 29.2. The van der Waals surface area contributed by atoms with Gasteiger partial charge in [-0.3, -0.25) is 9.59 Å². The Morgan fingerprint density at radius 2 is 1.76 bits per heavy atom. The standard InChI is InChI=1S/C31H40N2O5/c1-30(2,3)29(36)38-26(20-37-27-16-21(11-13-28(34)35)10-12-25(27)18-32)19-33-31(4,5)17-22-14-23-8-6-7-9-24(23)15-22/h6-10,12,16,22,26,33H,11,13-15,17,19-20H2,1-5H3,(H,34,35)/t26-/m1/s1. The molecule has 1 aliphatic carbocycles. The van der Waals surface area contributed by atoms with Gasteiger partial charge in [-0.15, -0.1) is 0 Å². The molecule has 0 saturated heterocycles. The van der Waals surface area contributed by atoms with E-state index in [9.17, 15) is 14.9 Å². The van der Waals surface area contributed by atoms with E-state index in [2.05, 4.69) is 49.5 Å². The van der Waals surface area contributed by atoms with E-state index in [1.807, 2.05) is 20.8 Å². The van der Waals surface area contributed by atoms with Crippen LogP contribution < -0.4 is 10.1 Å². The lowest BCUT2D eigenvalue weighted by Gasteiger charge is -2.32. The summed E-state index contributed by atoms with van der Waals surface area (Å²) < 4.78 is 11.9. The molecule has 0 heterocycles. The van der Waals surface area contributed by atoms with Crippen LogP contribution in [0.15, 0.2) is 42.5 Å². The lowest BCUT2D eigenvalue weighted by molar-refractivity contribution is -0.160. The number of benzene rings is 2. The van der Waals surface area contributed by atoms with Crippen LogP contribution in [0.25, 0.3) is 0 Å². The van der Waals surface area contributed by atoms with E-state index in [0.29, 0.717) is 30.2 Å². The van der Waals surface area contributed by atoms with Crippen LogP contribution in [0.2, 0.25) is 0 Å². The number of nitriles is 1. The van der Waals surface area contributed by atoms with Crippen molar-refractivity contribution in [2.24, 2.45) is 11.3 Å². The fraction of sp³-hybridized carbons (Fsp3) is 0.516. The summed E-state index contributed by atoms with van der Waals surface area (Å²) in [7, 11) is 0. The van der Waals surface area contributed by atoms with Crippen LogP contribution in [0.3, 0.4) is 0 Å². The third-order valence-corrected chi connectivity index (χ3v) is 6.85. The summed E-state index contributed by atoms with van der Waals surface area (Å²) in [5.41, 5.74) is 3.11. The average Bonchev–Trinajstić information content (AvgIpc) is 3.25. The van der Waals surface area contributed by atoms with Crippen LogP contribution in [-0.2, 0) is 33.6 Å². The molecule has 204 valence electrons. The number of nitrogens with one attached hydrogen (secondary N) is 1. The zero-order valence-corrected chi connectivity index (χ0v) is 23.2. The van der Waals surface area contributed by atoms with E-state index < -0.39 is 17.5 Å². The van der Waals surface area contributed by atoms with Crippen LogP contribution in [0.1, 0.15) is 69.7 Å². The monoisotopic (exact) mass is 520 g/mol. The van der Waals surface area contributed by atoms with Crippen molar-refractivity contribution in [2.45, 2.75) is 78.4 Å². The SMILES string of the molecule is CC(C)(CC1Cc2ccccc2C1)NC[C@H](COc1cc(CCC(=O)O)ccc1C#N)OC(=O)C(C)(C)C. The van der Waals surface area contributed by atoms with Crippen LogP contribution in [0.5, 0.6) is 5.75 Å². The molecule has 1 aliphatic rings. The minimum atomic E-state index is -0.888. The number of hydrogen-bond acceptors (Lipinski definition) is 6. The topological polar surface area (TPSA) is 109 Å². The zero-order valence-electron chi connectivity index (χ0n) is 23.2. The van der Waals surface area contributed by atoms with Gasteiger partial charge in [0.15, 0.2) is 0 Å². The summed E-state index contributed by atoms with van der Waals surface area (Å²) in [5.74, 6) is -0.308. The summed E-state index contributed by atoms with van der Waals surface area (Å²) in [6, 6.07) is 15.8. The lowest BCUT2D eigenvalue weighted by atomic mass is 9.88. The Balaban J connectivity index is 1.66. The predicted octanol–water partition coefficient (Wildman–Crippen LogP) is 5.09. The zero-order chi connectivity index (χ0) is 27.9. The third-order valence-electron chi connectivity index (χ3n) is 6.85. The number of carbonyl (C=O) groups excluding carboxylic acids is 1. The smallest absolute Gasteiger partial charge is 0.311 e. The maximum absolute atomic E-state index is 12.7. The summed E-state index contributed by atoms with van der Waals surface area (Å²) in [4.78, 5) is 23.7. The van der Waals surface area contributed by atoms with Crippen LogP contribution in [0.4, 0.5) is 0 Å². The number of rotatable bonds is 12. The molecular weight excluding hydrogens is 480 g/mol. The number of ether oxygens (including phenoxy) is 2. The molecule has 0 saturated carbocycles. The minimum Gasteiger partial charge on any atom is -0.488 e. The van der Waals surface area contributed by atoms with Crippen molar-refractivity contribution < 1.29 is 24.2 Å². The van der Waals surface area contributed by atoms with Gasteiger partial charge in [0.05, 0.1) is 11.0 Å². The first-order chi connectivity index (χ1) is 17.9. The Bertz CT molecular complexity index is 1150. The second-order valence-electron chi connectivity index (χ2n) is 11.9. The number of carboxylic acid groups (broad SMARTS) is 1. The van der Waals surface area contributed by atoms with Crippen LogP contribution in [0, 0.1) is 22.7 Å². The summed E-state index contributed by atoms with van der Waals surface area (Å²) in [6.07, 6.45) is 2.87. The fourth-order valence-corrected chi connectivity index (χ4v) is 4.81. The Morgan fingerprint density at radius 1 is 1.11 bits per heavy atom. The van der Waals surface area contributed by atoms with E-state index in [1.165, 1.54) is 11.1 Å². The number of aliphatic carboxylic acids is 1. The average molecular weight is 521 g/mol. The van der Waals surface area contributed by atoms with Crippen molar-refractivity contribution in [1.82, 2.24) is 5.32 Å². The van der Waals surface area contributed by atoms with Gasteiger partial charge in [-0.1, -0.05) is 30.3 Å².